The molecule has 0 aliphatic carbocycles. The van der Waals surface area contributed by atoms with Crippen molar-refractivity contribution in [2.45, 2.75) is 18.4 Å². The van der Waals surface area contributed by atoms with Crippen LogP contribution in [0.25, 0.3) is 0 Å². The fourth-order valence-corrected chi connectivity index (χ4v) is 2.74. The second kappa shape index (κ2) is 6.68. The Hall–Kier alpha value is -1.93. The van der Waals surface area contributed by atoms with E-state index in [9.17, 15) is 12.8 Å². The second-order valence-electron chi connectivity index (χ2n) is 4.41. The van der Waals surface area contributed by atoms with E-state index in [2.05, 4.69) is 15.1 Å². The summed E-state index contributed by atoms with van der Waals surface area (Å²) in [6.07, 6.45) is 2.71. The molecule has 0 saturated heterocycles. The molecule has 0 aliphatic rings. The van der Waals surface area contributed by atoms with Crippen molar-refractivity contribution in [3.8, 4) is 0 Å². The van der Waals surface area contributed by atoms with Crippen LogP contribution in [0.2, 0.25) is 0 Å². The van der Waals surface area contributed by atoms with Crippen LogP contribution in [0.5, 0.6) is 0 Å². The van der Waals surface area contributed by atoms with E-state index in [0.29, 0.717) is 13.1 Å². The average molecular weight is 312 g/mol. The highest BCUT2D eigenvalue weighted by molar-refractivity contribution is 7.92. The normalized spacial score (nSPS) is 11.5. The first-order chi connectivity index (χ1) is 10.0. The Morgan fingerprint density at radius 1 is 1.38 bits per heavy atom. The molecular formula is C13H17FN4O2S. The van der Waals surface area contributed by atoms with E-state index in [-0.39, 0.29) is 10.6 Å². The van der Waals surface area contributed by atoms with Gasteiger partial charge < -0.3 is 5.32 Å². The minimum absolute atomic E-state index is 0.0447. The lowest BCUT2D eigenvalue weighted by molar-refractivity contribution is 0.564. The molecule has 0 bridgehead atoms. The molecular weight excluding hydrogens is 295 g/mol. The molecule has 2 rings (SSSR count). The summed E-state index contributed by atoms with van der Waals surface area (Å²) >= 11 is 0. The number of halogens is 1. The van der Waals surface area contributed by atoms with E-state index in [1.54, 1.807) is 4.68 Å². The Balaban J connectivity index is 2.09. The number of hydrogen-bond acceptors (Lipinski definition) is 4. The maximum atomic E-state index is 13.1. The zero-order valence-electron chi connectivity index (χ0n) is 11.6. The molecule has 1 heterocycles. The Bertz CT molecular complexity index is 700. The minimum Gasteiger partial charge on any atom is -0.315 e. The van der Waals surface area contributed by atoms with E-state index in [4.69, 9.17) is 0 Å². The Kier molecular flexibility index (Phi) is 4.92. The van der Waals surface area contributed by atoms with Crippen molar-refractivity contribution in [1.29, 1.82) is 0 Å². The number of hydrogen-bond donors (Lipinski definition) is 2. The Labute approximate surface area is 123 Å². The van der Waals surface area contributed by atoms with Gasteiger partial charge in [0.2, 0.25) is 0 Å². The molecule has 1 aromatic heterocycles. The molecule has 0 aliphatic heterocycles. The van der Waals surface area contributed by atoms with Gasteiger partial charge in [0.1, 0.15) is 10.7 Å². The molecule has 2 N–H and O–H groups in total. The van der Waals surface area contributed by atoms with E-state index in [1.165, 1.54) is 30.6 Å². The van der Waals surface area contributed by atoms with Crippen molar-refractivity contribution in [3.05, 3.63) is 42.5 Å². The first-order valence-electron chi connectivity index (χ1n) is 6.53. The minimum atomic E-state index is -3.76. The van der Waals surface area contributed by atoms with Gasteiger partial charge in [0.05, 0.1) is 18.4 Å². The lowest BCUT2D eigenvalue weighted by Gasteiger charge is -2.06. The fourth-order valence-electron chi connectivity index (χ4n) is 1.74. The lowest BCUT2D eigenvalue weighted by Crippen LogP contribution is -2.19. The average Bonchev–Trinajstić information content (AvgIpc) is 2.88. The molecule has 0 amide bonds. The predicted octanol–water partition coefficient (Wildman–Crippen LogP) is 1.43. The van der Waals surface area contributed by atoms with Crippen LogP contribution < -0.4 is 10.0 Å². The van der Waals surface area contributed by atoms with E-state index >= 15 is 0 Å². The van der Waals surface area contributed by atoms with E-state index in [0.717, 1.165) is 12.6 Å². The zero-order valence-corrected chi connectivity index (χ0v) is 12.4. The number of anilines is 1. The largest absolute Gasteiger partial charge is 0.315 e. The van der Waals surface area contributed by atoms with Crippen molar-refractivity contribution < 1.29 is 12.8 Å². The van der Waals surface area contributed by atoms with Crippen LogP contribution in [-0.2, 0) is 16.6 Å². The third kappa shape index (κ3) is 4.27. The zero-order chi connectivity index (χ0) is 15.3. The highest BCUT2D eigenvalue weighted by atomic mass is 32.2. The van der Waals surface area contributed by atoms with Crippen LogP contribution in [0.4, 0.5) is 10.1 Å². The molecule has 0 atom stereocenters. The molecule has 21 heavy (non-hydrogen) atoms. The van der Waals surface area contributed by atoms with Gasteiger partial charge in [0.25, 0.3) is 10.0 Å². The third-order valence-corrected chi connectivity index (χ3v) is 4.10. The molecule has 1 aromatic carbocycles. The summed E-state index contributed by atoms with van der Waals surface area (Å²) in [5, 5.41) is 7.12. The third-order valence-electron chi connectivity index (χ3n) is 2.76. The number of aromatic nitrogens is 2. The van der Waals surface area contributed by atoms with Gasteiger partial charge in [-0.2, -0.15) is 5.10 Å². The second-order valence-corrected chi connectivity index (χ2v) is 6.09. The molecule has 0 spiro atoms. The van der Waals surface area contributed by atoms with Crippen LogP contribution in [0.15, 0.2) is 41.6 Å². The van der Waals surface area contributed by atoms with E-state index in [1.807, 2.05) is 6.92 Å². The standard InChI is InChI=1S/C13H17FN4O2S/c1-2-15-6-7-18-10-13(9-16-18)21(19,20)17-12-5-3-4-11(14)8-12/h3-5,8-10,15,17H,2,6-7H2,1H3. The molecule has 0 fully saturated rings. The highest BCUT2D eigenvalue weighted by Gasteiger charge is 2.16. The number of benzene rings is 1. The molecule has 114 valence electrons. The molecule has 0 unspecified atom stereocenters. The van der Waals surface area contributed by atoms with Crippen molar-refractivity contribution >= 4 is 15.7 Å². The maximum absolute atomic E-state index is 13.1. The number of likely N-dealkylation sites (N-methyl/N-ethyl adjacent to an activating group) is 1. The lowest BCUT2D eigenvalue weighted by atomic mass is 10.3. The van der Waals surface area contributed by atoms with Crippen LogP contribution >= 0.6 is 0 Å². The first kappa shape index (κ1) is 15.5. The van der Waals surface area contributed by atoms with E-state index < -0.39 is 15.8 Å². The van der Waals surface area contributed by atoms with Gasteiger partial charge in [-0.05, 0) is 24.7 Å². The summed E-state index contributed by atoms with van der Waals surface area (Å²) in [6, 6.07) is 5.28. The SMILES string of the molecule is CCNCCn1cc(S(=O)(=O)Nc2cccc(F)c2)cn1. The number of nitrogens with one attached hydrogen (secondary N) is 2. The summed E-state index contributed by atoms with van der Waals surface area (Å²) in [7, 11) is -3.76. The number of nitrogens with zero attached hydrogens (tertiary/aromatic N) is 2. The maximum Gasteiger partial charge on any atom is 0.265 e. The molecule has 8 heteroatoms. The van der Waals surface area contributed by atoms with Gasteiger partial charge >= 0.3 is 0 Å². The summed E-state index contributed by atoms with van der Waals surface area (Å²) < 4.78 is 41.2. The van der Waals surface area contributed by atoms with Gasteiger partial charge in [0, 0.05) is 12.7 Å². The van der Waals surface area contributed by atoms with Crippen LogP contribution in [-0.4, -0.2) is 31.3 Å². The Morgan fingerprint density at radius 3 is 2.90 bits per heavy atom. The summed E-state index contributed by atoms with van der Waals surface area (Å²) in [6.45, 7) is 4.10. The van der Waals surface area contributed by atoms with Gasteiger partial charge in [-0.3, -0.25) is 9.40 Å². The highest BCUT2D eigenvalue weighted by Crippen LogP contribution is 2.16. The van der Waals surface area contributed by atoms with Crippen molar-refractivity contribution in [2.24, 2.45) is 0 Å². The number of rotatable bonds is 7. The number of sulfonamides is 1. The van der Waals surface area contributed by atoms with Crippen molar-refractivity contribution in [3.63, 3.8) is 0 Å². The van der Waals surface area contributed by atoms with Crippen LogP contribution in [0, 0.1) is 5.82 Å². The molecule has 0 saturated carbocycles. The van der Waals surface area contributed by atoms with Gasteiger partial charge in [0.15, 0.2) is 0 Å². The summed E-state index contributed by atoms with van der Waals surface area (Å²) in [5.41, 5.74) is 0.176. The van der Waals surface area contributed by atoms with Gasteiger partial charge in [-0.1, -0.05) is 13.0 Å². The Morgan fingerprint density at radius 2 is 2.19 bits per heavy atom. The summed E-state index contributed by atoms with van der Waals surface area (Å²) in [5.74, 6) is -0.503. The van der Waals surface area contributed by atoms with Crippen molar-refractivity contribution in [2.75, 3.05) is 17.8 Å². The topological polar surface area (TPSA) is 76.0 Å². The first-order valence-corrected chi connectivity index (χ1v) is 8.01. The quantitative estimate of drug-likeness (QED) is 0.758. The van der Waals surface area contributed by atoms with Crippen molar-refractivity contribution in [1.82, 2.24) is 15.1 Å². The van der Waals surface area contributed by atoms with Gasteiger partial charge in [-0.25, -0.2) is 12.8 Å². The van der Waals surface area contributed by atoms with Crippen LogP contribution in [0.3, 0.4) is 0 Å². The monoisotopic (exact) mass is 312 g/mol. The van der Waals surface area contributed by atoms with Gasteiger partial charge in [-0.15, -0.1) is 0 Å². The fraction of sp³-hybridized carbons (Fsp3) is 0.308. The smallest absolute Gasteiger partial charge is 0.265 e. The summed E-state index contributed by atoms with van der Waals surface area (Å²) in [4.78, 5) is 0.0447. The molecule has 0 radical (unpaired) electrons. The predicted molar refractivity (Wildman–Crippen MR) is 78.0 cm³/mol. The molecule has 6 nitrogen and oxygen atoms in total. The van der Waals surface area contributed by atoms with Crippen LogP contribution in [0.1, 0.15) is 6.92 Å². The molecule has 2 aromatic rings.